The molecule has 0 amide bonds. The molecule has 0 saturated carbocycles. The molecule has 1 aliphatic heterocycles. The van der Waals surface area contributed by atoms with Crippen LogP contribution in [0.3, 0.4) is 0 Å². The van der Waals surface area contributed by atoms with Gasteiger partial charge in [-0.05, 0) is 55.5 Å². The SMILES string of the molecule is CCNCc1ccc(N2CCC(C)CC2)cc1C. The maximum atomic E-state index is 3.40. The molecule has 1 fully saturated rings. The van der Waals surface area contributed by atoms with Crippen molar-refractivity contribution in [3.05, 3.63) is 29.3 Å². The van der Waals surface area contributed by atoms with E-state index < -0.39 is 0 Å². The van der Waals surface area contributed by atoms with Crippen LogP contribution >= 0.6 is 0 Å². The van der Waals surface area contributed by atoms with Crippen LogP contribution in [0, 0.1) is 12.8 Å². The molecule has 18 heavy (non-hydrogen) atoms. The van der Waals surface area contributed by atoms with Crippen molar-refractivity contribution in [2.24, 2.45) is 5.92 Å². The van der Waals surface area contributed by atoms with Gasteiger partial charge in [-0.3, -0.25) is 0 Å². The molecule has 1 N–H and O–H groups in total. The number of hydrogen-bond donors (Lipinski definition) is 1. The monoisotopic (exact) mass is 246 g/mol. The van der Waals surface area contributed by atoms with Crippen molar-refractivity contribution in [2.75, 3.05) is 24.5 Å². The fourth-order valence-electron chi connectivity index (χ4n) is 2.60. The third-order valence-corrected chi connectivity index (χ3v) is 4.04. The number of piperidine rings is 1. The molecular formula is C16H26N2. The van der Waals surface area contributed by atoms with E-state index in [1.54, 1.807) is 0 Å². The molecule has 0 spiro atoms. The summed E-state index contributed by atoms with van der Waals surface area (Å²) in [6.45, 7) is 11.2. The molecule has 1 aliphatic rings. The van der Waals surface area contributed by atoms with Crippen molar-refractivity contribution in [2.45, 2.75) is 40.2 Å². The summed E-state index contributed by atoms with van der Waals surface area (Å²) in [5, 5.41) is 3.40. The number of aryl methyl sites for hydroxylation is 1. The van der Waals surface area contributed by atoms with E-state index >= 15 is 0 Å². The minimum atomic E-state index is 0.898. The summed E-state index contributed by atoms with van der Waals surface area (Å²) in [6, 6.07) is 6.92. The molecule has 0 bridgehead atoms. The molecule has 2 rings (SSSR count). The number of benzene rings is 1. The Bertz CT molecular complexity index is 379. The highest BCUT2D eigenvalue weighted by Crippen LogP contribution is 2.24. The van der Waals surface area contributed by atoms with E-state index in [1.807, 2.05) is 0 Å². The zero-order valence-electron chi connectivity index (χ0n) is 12.0. The topological polar surface area (TPSA) is 15.3 Å². The van der Waals surface area contributed by atoms with E-state index in [0.29, 0.717) is 0 Å². The fourth-order valence-corrected chi connectivity index (χ4v) is 2.60. The molecule has 0 aromatic heterocycles. The van der Waals surface area contributed by atoms with Crippen LogP contribution in [0.4, 0.5) is 5.69 Å². The van der Waals surface area contributed by atoms with Crippen LogP contribution in [-0.4, -0.2) is 19.6 Å². The van der Waals surface area contributed by atoms with E-state index in [9.17, 15) is 0 Å². The molecule has 1 aromatic rings. The summed E-state index contributed by atoms with van der Waals surface area (Å²) in [7, 11) is 0. The van der Waals surface area contributed by atoms with E-state index in [-0.39, 0.29) is 0 Å². The number of rotatable bonds is 4. The van der Waals surface area contributed by atoms with Crippen LogP contribution in [0.2, 0.25) is 0 Å². The highest BCUT2D eigenvalue weighted by Gasteiger charge is 2.16. The van der Waals surface area contributed by atoms with Gasteiger partial charge >= 0.3 is 0 Å². The third kappa shape index (κ3) is 3.26. The summed E-state index contributed by atoms with van der Waals surface area (Å²) in [6.07, 6.45) is 2.66. The van der Waals surface area contributed by atoms with Gasteiger partial charge in [-0.15, -0.1) is 0 Å². The smallest absolute Gasteiger partial charge is 0.0369 e. The molecular weight excluding hydrogens is 220 g/mol. The van der Waals surface area contributed by atoms with Crippen LogP contribution in [0.15, 0.2) is 18.2 Å². The van der Waals surface area contributed by atoms with Crippen molar-refractivity contribution in [1.82, 2.24) is 5.32 Å². The van der Waals surface area contributed by atoms with Crippen molar-refractivity contribution >= 4 is 5.69 Å². The van der Waals surface area contributed by atoms with Crippen LogP contribution in [0.25, 0.3) is 0 Å². The summed E-state index contributed by atoms with van der Waals surface area (Å²) in [5.74, 6) is 0.898. The van der Waals surface area contributed by atoms with Crippen molar-refractivity contribution < 1.29 is 0 Å². The number of anilines is 1. The Morgan fingerprint density at radius 2 is 2.00 bits per heavy atom. The van der Waals surface area contributed by atoms with Gasteiger partial charge in [0.05, 0.1) is 0 Å². The minimum Gasteiger partial charge on any atom is -0.372 e. The van der Waals surface area contributed by atoms with Crippen molar-refractivity contribution in [3.8, 4) is 0 Å². The first-order valence-corrected chi connectivity index (χ1v) is 7.26. The van der Waals surface area contributed by atoms with Crippen LogP contribution in [0.5, 0.6) is 0 Å². The van der Waals surface area contributed by atoms with Crippen LogP contribution < -0.4 is 10.2 Å². The maximum Gasteiger partial charge on any atom is 0.0369 e. The van der Waals surface area contributed by atoms with Crippen LogP contribution in [-0.2, 0) is 6.54 Å². The van der Waals surface area contributed by atoms with Gasteiger partial charge in [0.15, 0.2) is 0 Å². The second kappa shape index (κ2) is 6.24. The molecule has 0 atom stereocenters. The van der Waals surface area contributed by atoms with Gasteiger partial charge in [0.2, 0.25) is 0 Å². The lowest BCUT2D eigenvalue weighted by molar-refractivity contribution is 0.438. The van der Waals surface area contributed by atoms with Gasteiger partial charge < -0.3 is 10.2 Å². The Hall–Kier alpha value is -1.02. The van der Waals surface area contributed by atoms with Crippen LogP contribution in [0.1, 0.15) is 37.8 Å². The molecule has 1 heterocycles. The standard InChI is InChI=1S/C16H26N2/c1-4-17-12-15-5-6-16(11-14(15)3)18-9-7-13(2)8-10-18/h5-6,11,13,17H,4,7-10,12H2,1-3H3. The fraction of sp³-hybridized carbons (Fsp3) is 0.625. The van der Waals surface area contributed by atoms with E-state index in [4.69, 9.17) is 0 Å². The largest absolute Gasteiger partial charge is 0.372 e. The highest BCUT2D eigenvalue weighted by atomic mass is 15.1. The lowest BCUT2D eigenvalue weighted by Crippen LogP contribution is -2.32. The van der Waals surface area contributed by atoms with Gasteiger partial charge in [0.25, 0.3) is 0 Å². The quantitative estimate of drug-likeness (QED) is 0.876. The number of nitrogens with one attached hydrogen (secondary N) is 1. The van der Waals surface area contributed by atoms with Crippen molar-refractivity contribution in [3.63, 3.8) is 0 Å². The normalized spacial score (nSPS) is 17.2. The summed E-state index contributed by atoms with van der Waals surface area (Å²) < 4.78 is 0. The van der Waals surface area contributed by atoms with Gasteiger partial charge in [-0.2, -0.15) is 0 Å². The Labute approximate surface area is 111 Å². The molecule has 1 aromatic carbocycles. The maximum absolute atomic E-state index is 3.40. The highest BCUT2D eigenvalue weighted by molar-refractivity contribution is 5.51. The number of nitrogens with zero attached hydrogens (tertiary/aromatic N) is 1. The second-order valence-corrected chi connectivity index (χ2v) is 5.56. The molecule has 0 radical (unpaired) electrons. The van der Waals surface area contributed by atoms with Gasteiger partial charge in [-0.25, -0.2) is 0 Å². The van der Waals surface area contributed by atoms with E-state index in [1.165, 1.54) is 42.7 Å². The second-order valence-electron chi connectivity index (χ2n) is 5.56. The molecule has 2 nitrogen and oxygen atoms in total. The molecule has 0 aliphatic carbocycles. The zero-order chi connectivity index (χ0) is 13.0. The number of hydrogen-bond acceptors (Lipinski definition) is 2. The summed E-state index contributed by atoms with van der Waals surface area (Å²) >= 11 is 0. The van der Waals surface area contributed by atoms with Gasteiger partial charge in [0, 0.05) is 25.3 Å². The summed E-state index contributed by atoms with van der Waals surface area (Å²) in [5.41, 5.74) is 4.23. The third-order valence-electron chi connectivity index (χ3n) is 4.04. The first-order valence-electron chi connectivity index (χ1n) is 7.26. The van der Waals surface area contributed by atoms with Gasteiger partial charge in [-0.1, -0.05) is 19.9 Å². The van der Waals surface area contributed by atoms with Gasteiger partial charge in [0.1, 0.15) is 0 Å². The lowest BCUT2D eigenvalue weighted by Gasteiger charge is -2.32. The molecule has 100 valence electrons. The minimum absolute atomic E-state index is 0.898. The Balaban J connectivity index is 2.04. The molecule has 1 saturated heterocycles. The Kier molecular flexibility index (Phi) is 4.65. The van der Waals surface area contributed by atoms with E-state index in [2.05, 4.69) is 49.2 Å². The first-order chi connectivity index (χ1) is 8.70. The zero-order valence-corrected chi connectivity index (χ0v) is 12.0. The average Bonchev–Trinajstić information content (AvgIpc) is 2.38. The lowest BCUT2D eigenvalue weighted by atomic mass is 9.98. The Morgan fingerprint density at radius 1 is 1.28 bits per heavy atom. The average molecular weight is 246 g/mol. The van der Waals surface area contributed by atoms with E-state index in [0.717, 1.165) is 19.0 Å². The predicted octanol–water partition coefficient (Wildman–Crippen LogP) is 3.34. The Morgan fingerprint density at radius 3 is 2.61 bits per heavy atom. The first kappa shape index (κ1) is 13.4. The molecule has 2 heteroatoms. The summed E-state index contributed by atoms with van der Waals surface area (Å²) in [4.78, 5) is 2.53. The molecule has 0 unspecified atom stereocenters. The van der Waals surface area contributed by atoms with Crippen molar-refractivity contribution in [1.29, 1.82) is 0 Å². The predicted molar refractivity (Wildman–Crippen MR) is 79.2 cm³/mol.